The molecule has 5 N–H and O–H groups in total. The van der Waals surface area contributed by atoms with Crippen LogP contribution in [0.2, 0.25) is 0 Å². The van der Waals surface area contributed by atoms with E-state index in [-0.39, 0.29) is 5.92 Å². The van der Waals surface area contributed by atoms with E-state index >= 15 is 0 Å². The normalized spacial score (nSPS) is 16.9. The molecule has 0 rings (SSSR count). The lowest BCUT2D eigenvalue weighted by atomic mass is 9.97. The molecule has 0 aromatic carbocycles. The topological polar surface area (TPSA) is 113 Å². The maximum Gasteiger partial charge on any atom is 0.327 e. The molecule has 0 aliphatic rings. The van der Waals surface area contributed by atoms with E-state index in [1.165, 1.54) is 6.92 Å². The Balaban J connectivity index is 4.55. The third-order valence-electron chi connectivity index (χ3n) is 2.10. The van der Waals surface area contributed by atoms with Gasteiger partial charge in [0.05, 0.1) is 0 Å². The van der Waals surface area contributed by atoms with Crippen LogP contribution in [0.1, 0.15) is 20.8 Å². The first-order valence-corrected chi connectivity index (χ1v) is 4.74. The maximum atomic E-state index is 11.1. The average Bonchev–Trinajstić information content (AvgIpc) is 2.11. The number of aliphatic hydroxyl groups excluding tert-OH is 1. The van der Waals surface area contributed by atoms with E-state index in [0.29, 0.717) is 0 Å². The van der Waals surface area contributed by atoms with Gasteiger partial charge in [-0.3, -0.25) is 4.79 Å². The van der Waals surface area contributed by atoms with Gasteiger partial charge in [0.2, 0.25) is 5.91 Å². The van der Waals surface area contributed by atoms with Gasteiger partial charge in [-0.1, -0.05) is 13.8 Å². The van der Waals surface area contributed by atoms with Gasteiger partial charge in [-0.15, -0.1) is 0 Å². The van der Waals surface area contributed by atoms with Gasteiger partial charge in [-0.05, 0) is 12.8 Å². The number of nitrogens with one attached hydrogen (secondary N) is 1. The van der Waals surface area contributed by atoms with Gasteiger partial charge in [0, 0.05) is 6.04 Å². The molecule has 0 bridgehead atoms. The Bertz CT molecular complexity index is 240. The number of rotatable bonds is 5. The zero-order valence-corrected chi connectivity index (χ0v) is 9.10. The van der Waals surface area contributed by atoms with E-state index in [9.17, 15) is 9.59 Å². The predicted octanol–water partition coefficient (Wildman–Crippen LogP) is -1.08. The molecule has 1 unspecified atom stereocenters. The van der Waals surface area contributed by atoms with Gasteiger partial charge in [-0.25, -0.2) is 4.79 Å². The number of hydrogen-bond donors (Lipinski definition) is 4. The van der Waals surface area contributed by atoms with Crippen molar-refractivity contribution in [2.45, 2.75) is 39.0 Å². The summed E-state index contributed by atoms with van der Waals surface area (Å²) in [6, 6.07) is -1.86. The average molecular weight is 218 g/mol. The van der Waals surface area contributed by atoms with E-state index in [2.05, 4.69) is 5.32 Å². The second-order valence-corrected chi connectivity index (χ2v) is 3.82. The smallest absolute Gasteiger partial charge is 0.327 e. The fraction of sp³-hybridized carbons (Fsp3) is 0.778. The minimum atomic E-state index is -1.24. The highest BCUT2D eigenvalue weighted by Gasteiger charge is 2.29. The quantitative estimate of drug-likeness (QED) is 0.469. The molecule has 0 fully saturated rings. The van der Waals surface area contributed by atoms with Gasteiger partial charge >= 0.3 is 5.97 Å². The van der Waals surface area contributed by atoms with Crippen molar-refractivity contribution in [3.05, 3.63) is 0 Å². The van der Waals surface area contributed by atoms with Crippen molar-refractivity contribution >= 4 is 11.9 Å². The second-order valence-electron chi connectivity index (χ2n) is 3.82. The molecule has 0 radical (unpaired) electrons. The van der Waals surface area contributed by atoms with Crippen LogP contribution in [0.5, 0.6) is 0 Å². The highest BCUT2D eigenvalue weighted by molar-refractivity contribution is 5.86. The van der Waals surface area contributed by atoms with Gasteiger partial charge in [0.15, 0.2) is 0 Å². The summed E-state index contributed by atoms with van der Waals surface area (Å²) in [6.45, 7) is 4.78. The summed E-state index contributed by atoms with van der Waals surface area (Å²) in [6.07, 6.45) is -1.24. The second kappa shape index (κ2) is 5.67. The Morgan fingerprint density at radius 1 is 1.27 bits per heavy atom. The summed E-state index contributed by atoms with van der Waals surface area (Å²) in [5, 5.41) is 20.0. The van der Waals surface area contributed by atoms with Gasteiger partial charge in [-0.2, -0.15) is 0 Å². The number of hydrogen-bond acceptors (Lipinski definition) is 4. The number of amides is 1. The summed E-state index contributed by atoms with van der Waals surface area (Å²) >= 11 is 0. The van der Waals surface area contributed by atoms with Crippen molar-refractivity contribution in [3.63, 3.8) is 0 Å². The van der Waals surface area contributed by atoms with Crippen molar-refractivity contribution < 1.29 is 19.8 Å². The lowest BCUT2D eigenvalue weighted by Crippen LogP contribution is -2.56. The molecule has 0 heterocycles. The summed E-state index contributed by atoms with van der Waals surface area (Å²) in [5.74, 6) is -2.02. The standard InChI is InChI=1S/C9H18N2O4/c1-4(2)6(10)7(9(14)15)11-8(13)5(3)12/h4-7,12H,10H2,1-3H3,(H,11,13)(H,14,15)/t5?,6-,7+/m1/s1. The van der Waals surface area contributed by atoms with Crippen LogP contribution in [-0.2, 0) is 9.59 Å². The number of carbonyl (C=O) groups excluding carboxylic acids is 1. The summed E-state index contributed by atoms with van der Waals surface area (Å²) in [4.78, 5) is 21.9. The lowest BCUT2D eigenvalue weighted by molar-refractivity contribution is -0.144. The Morgan fingerprint density at radius 3 is 2.00 bits per heavy atom. The molecule has 0 saturated carbocycles. The SMILES string of the molecule is CC(O)C(=O)N[C@H](C(=O)O)[C@H](N)C(C)C. The number of aliphatic hydroxyl groups is 1. The Morgan fingerprint density at radius 2 is 1.73 bits per heavy atom. The fourth-order valence-corrected chi connectivity index (χ4v) is 0.981. The van der Waals surface area contributed by atoms with Crippen LogP contribution in [0.4, 0.5) is 0 Å². The van der Waals surface area contributed by atoms with Crippen LogP contribution in [0.15, 0.2) is 0 Å². The van der Waals surface area contributed by atoms with Crippen molar-refractivity contribution in [1.29, 1.82) is 0 Å². The number of carboxylic acids is 1. The van der Waals surface area contributed by atoms with Crippen LogP contribution >= 0.6 is 0 Å². The molecule has 0 aliphatic heterocycles. The van der Waals surface area contributed by atoms with Gasteiger partial charge < -0.3 is 21.3 Å². The summed E-state index contributed by atoms with van der Waals surface area (Å²) in [7, 11) is 0. The van der Waals surface area contributed by atoms with E-state index in [4.69, 9.17) is 15.9 Å². The fourth-order valence-electron chi connectivity index (χ4n) is 0.981. The highest BCUT2D eigenvalue weighted by atomic mass is 16.4. The molecule has 0 spiro atoms. The monoisotopic (exact) mass is 218 g/mol. The first-order chi connectivity index (χ1) is 6.77. The molecular formula is C9H18N2O4. The predicted molar refractivity (Wildman–Crippen MR) is 54.1 cm³/mol. The third-order valence-corrected chi connectivity index (χ3v) is 2.10. The molecule has 0 saturated heterocycles. The molecule has 3 atom stereocenters. The molecule has 6 heteroatoms. The van der Waals surface area contributed by atoms with Crippen molar-refractivity contribution in [3.8, 4) is 0 Å². The molecule has 6 nitrogen and oxygen atoms in total. The molecule has 1 amide bonds. The van der Waals surface area contributed by atoms with E-state index in [0.717, 1.165) is 0 Å². The third kappa shape index (κ3) is 4.26. The molecule has 0 aliphatic carbocycles. The van der Waals surface area contributed by atoms with Crippen molar-refractivity contribution in [2.75, 3.05) is 0 Å². The Labute approximate surface area is 88.5 Å². The first-order valence-electron chi connectivity index (χ1n) is 4.74. The minimum Gasteiger partial charge on any atom is -0.480 e. The molecular weight excluding hydrogens is 200 g/mol. The van der Waals surface area contributed by atoms with E-state index < -0.39 is 30.1 Å². The van der Waals surface area contributed by atoms with E-state index in [1.54, 1.807) is 13.8 Å². The van der Waals surface area contributed by atoms with Crippen molar-refractivity contribution in [2.24, 2.45) is 11.7 Å². The number of carbonyl (C=O) groups is 2. The Hall–Kier alpha value is -1.14. The summed E-state index contributed by atoms with van der Waals surface area (Å²) < 4.78 is 0. The van der Waals surface area contributed by atoms with Gasteiger partial charge in [0.1, 0.15) is 12.1 Å². The molecule has 88 valence electrons. The summed E-state index contributed by atoms with van der Waals surface area (Å²) in [5.41, 5.74) is 5.63. The minimum absolute atomic E-state index is 0.0830. The van der Waals surface area contributed by atoms with Crippen LogP contribution in [0, 0.1) is 5.92 Å². The van der Waals surface area contributed by atoms with Crippen LogP contribution < -0.4 is 11.1 Å². The molecule has 15 heavy (non-hydrogen) atoms. The highest BCUT2D eigenvalue weighted by Crippen LogP contribution is 2.04. The van der Waals surface area contributed by atoms with Crippen LogP contribution in [0.3, 0.4) is 0 Å². The van der Waals surface area contributed by atoms with Crippen LogP contribution in [-0.4, -0.2) is 40.3 Å². The number of aliphatic carboxylic acids is 1. The zero-order chi connectivity index (χ0) is 12.2. The van der Waals surface area contributed by atoms with E-state index in [1.807, 2.05) is 0 Å². The largest absolute Gasteiger partial charge is 0.480 e. The first kappa shape index (κ1) is 13.9. The lowest BCUT2D eigenvalue weighted by Gasteiger charge is -2.24. The number of nitrogens with two attached hydrogens (primary N) is 1. The van der Waals surface area contributed by atoms with Gasteiger partial charge in [0.25, 0.3) is 0 Å². The zero-order valence-electron chi connectivity index (χ0n) is 9.10. The van der Waals surface area contributed by atoms with Crippen LogP contribution in [0.25, 0.3) is 0 Å². The molecule has 0 aromatic heterocycles. The number of carboxylic acid groups (broad SMARTS) is 1. The van der Waals surface area contributed by atoms with Crippen molar-refractivity contribution in [1.82, 2.24) is 5.32 Å². The Kier molecular flexibility index (Phi) is 5.24. The maximum absolute atomic E-state index is 11.1. The molecule has 0 aromatic rings.